The highest BCUT2D eigenvalue weighted by Gasteiger charge is 2.26. The molecule has 108 valence electrons. The molecule has 0 saturated carbocycles. The first-order valence-corrected chi connectivity index (χ1v) is 7.40. The summed E-state index contributed by atoms with van der Waals surface area (Å²) >= 11 is 5.72. The van der Waals surface area contributed by atoms with E-state index in [1.54, 1.807) is 4.90 Å². The van der Waals surface area contributed by atoms with Crippen molar-refractivity contribution in [2.24, 2.45) is 5.92 Å². The van der Waals surface area contributed by atoms with Crippen molar-refractivity contribution in [1.82, 2.24) is 4.90 Å². The van der Waals surface area contributed by atoms with Crippen molar-refractivity contribution in [2.45, 2.75) is 40.0 Å². The first kappa shape index (κ1) is 16.3. The first-order valence-electron chi connectivity index (χ1n) is 6.86. The number of rotatable bonds is 6. The van der Waals surface area contributed by atoms with Crippen molar-refractivity contribution in [1.29, 1.82) is 0 Å². The molecule has 1 aliphatic carbocycles. The molecule has 0 aliphatic heterocycles. The van der Waals surface area contributed by atoms with Crippen LogP contribution in [0.5, 0.6) is 0 Å². The van der Waals surface area contributed by atoms with Crippen LogP contribution in [0.4, 0.5) is 0 Å². The van der Waals surface area contributed by atoms with E-state index in [1.807, 2.05) is 19.1 Å². The fourth-order valence-electron chi connectivity index (χ4n) is 2.51. The summed E-state index contributed by atoms with van der Waals surface area (Å²) in [4.78, 5) is 13.7. The van der Waals surface area contributed by atoms with Gasteiger partial charge in [0.15, 0.2) is 0 Å². The van der Waals surface area contributed by atoms with Gasteiger partial charge in [-0.2, -0.15) is 0 Å². The van der Waals surface area contributed by atoms with Crippen molar-refractivity contribution < 1.29 is 9.53 Å². The highest BCUT2D eigenvalue weighted by Crippen LogP contribution is 2.32. The number of nitrogens with zero attached hydrogens (tertiary/aromatic N) is 1. The minimum absolute atomic E-state index is 0.00349. The van der Waals surface area contributed by atoms with E-state index in [1.165, 1.54) is 12.0 Å². The normalized spacial score (nSPS) is 20.1. The Bertz CT molecular complexity index is 363. The lowest BCUT2D eigenvalue weighted by molar-refractivity contribution is -0.131. The standard InChI is InChI=1S/C15H24ClNO2/c1-4-5-9-19-11-17(14(18)10-16)15-12(2)7-6-8-13(15)3/h4-5,12H,6-11H2,1-3H3. The van der Waals surface area contributed by atoms with Gasteiger partial charge in [-0.15, -0.1) is 11.6 Å². The molecule has 0 saturated heterocycles. The predicted octanol–water partition coefficient (Wildman–Crippen LogP) is 3.70. The van der Waals surface area contributed by atoms with E-state index >= 15 is 0 Å². The summed E-state index contributed by atoms with van der Waals surface area (Å²) in [6.07, 6.45) is 7.23. The molecule has 1 aliphatic rings. The Morgan fingerprint density at radius 3 is 2.89 bits per heavy atom. The monoisotopic (exact) mass is 285 g/mol. The second kappa shape index (κ2) is 8.39. The zero-order valence-corrected chi connectivity index (χ0v) is 12.9. The van der Waals surface area contributed by atoms with Gasteiger partial charge in [-0.25, -0.2) is 0 Å². The van der Waals surface area contributed by atoms with Crippen molar-refractivity contribution in [2.75, 3.05) is 19.2 Å². The SMILES string of the molecule is CC=CCOCN(C(=O)CCl)C1=C(C)CCCC1C. The zero-order valence-electron chi connectivity index (χ0n) is 12.1. The molecular formula is C15H24ClNO2. The molecular weight excluding hydrogens is 262 g/mol. The lowest BCUT2D eigenvalue weighted by Gasteiger charge is -2.33. The van der Waals surface area contributed by atoms with Crippen LogP contribution in [0.3, 0.4) is 0 Å². The topological polar surface area (TPSA) is 29.5 Å². The Morgan fingerprint density at radius 1 is 1.58 bits per heavy atom. The minimum Gasteiger partial charge on any atom is -0.357 e. The highest BCUT2D eigenvalue weighted by atomic mass is 35.5. The third kappa shape index (κ3) is 4.66. The Morgan fingerprint density at radius 2 is 2.32 bits per heavy atom. The van der Waals surface area contributed by atoms with Crippen LogP contribution in [0.15, 0.2) is 23.4 Å². The number of halogens is 1. The first-order chi connectivity index (χ1) is 9.11. The van der Waals surface area contributed by atoms with Crippen LogP contribution in [-0.4, -0.2) is 30.0 Å². The van der Waals surface area contributed by atoms with Gasteiger partial charge in [-0.3, -0.25) is 9.69 Å². The van der Waals surface area contributed by atoms with Crippen molar-refractivity contribution in [3.8, 4) is 0 Å². The number of alkyl halides is 1. The van der Waals surface area contributed by atoms with Crippen LogP contribution >= 0.6 is 11.6 Å². The largest absolute Gasteiger partial charge is 0.357 e. The van der Waals surface area contributed by atoms with Crippen LogP contribution in [0.2, 0.25) is 0 Å². The second-order valence-corrected chi connectivity index (χ2v) is 5.25. The number of carbonyl (C=O) groups is 1. The van der Waals surface area contributed by atoms with E-state index in [-0.39, 0.29) is 18.5 Å². The fourth-order valence-corrected chi connectivity index (χ4v) is 2.66. The van der Waals surface area contributed by atoms with Gasteiger partial charge in [-0.1, -0.05) is 24.6 Å². The fraction of sp³-hybridized carbons (Fsp3) is 0.667. The molecule has 1 atom stereocenters. The molecule has 3 nitrogen and oxygen atoms in total. The summed E-state index contributed by atoms with van der Waals surface area (Å²) in [6.45, 7) is 7.01. The van der Waals surface area contributed by atoms with Gasteiger partial charge in [0.05, 0.1) is 6.61 Å². The molecule has 1 unspecified atom stereocenters. The van der Waals surface area contributed by atoms with E-state index < -0.39 is 0 Å². The van der Waals surface area contributed by atoms with Gasteiger partial charge in [0.25, 0.3) is 0 Å². The lowest BCUT2D eigenvalue weighted by Crippen LogP contribution is -2.37. The van der Waals surface area contributed by atoms with Crippen molar-refractivity contribution in [3.63, 3.8) is 0 Å². The number of hydrogen-bond donors (Lipinski definition) is 0. The van der Waals surface area contributed by atoms with Gasteiger partial charge in [0.1, 0.15) is 12.6 Å². The van der Waals surface area contributed by atoms with Crippen molar-refractivity contribution >= 4 is 17.5 Å². The predicted molar refractivity (Wildman–Crippen MR) is 78.9 cm³/mol. The summed E-state index contributed by atoms with van der Waals surface area (Å²) in [6, 6.07) is 0. The third-order valence-electron chi connectivity index (χ3n) is 3.47. The molecule has 1 rings (SSSR count). The molecule has 0 aromatic heterocycles. The van der Waals surface area contributed by atoms with Crippen LogP contribution in [0, 0.1) is 5.92 Å². The summed E-state index contributed by atoms with van der Waals surface area (Å²) in [5.74, 6) is 0.313. The number of allylic oxidation sites excluding steroid dienone is 3. The molecule has 1 amide bonds. The maximum absolute atomic E-state index is 12.0. The molecule has 4 heteroatoms. The molecule has 0 N–H and O–H groups in total. The zero-order chi connectivity index (χ0) is 14.3. The quantitative estimate of drug-likeness (QED) is 0.322. The molecule has 0 radical (unpaired) electrons. The van der Waals surface area contributed by atoms with Gasteiger partial charge in [-0.05, 0) is 39.0 Å². The highest BCUT2D eigenvalue weighted by molar-refractivity contribution is 6.27. The van der Waals surface area contributed by atoms with Gasteiger partial charge in [0.2, 0.25) is 5.91 Å². The van der Waals surface area contributed by atoms with Crippen LogP contribution in [-0.2, 0) is 9.53 Å². The molecule has 0 fully saturated rings. The molecule has 0 bridgehead atoms. The van der Waals surface area contributed by atoms with Gasteiger partial charge >= 0.3 is 0 Å². The molecule has 19 heavy (non-hydrogen) atoms. The van der Waals surface area contributed by atoms with Crippen LogP contribution in [0.25, 0.3) is 0 Å². The van der Waals surface area contributed by atoms with E-state index in [0.717, 1.165) is 18.5 Å². The second-order valence-electron chi connectivity index (χ2n) is 4.98. The summed E-state index contributed by atoms with van der Waals surface area (Å²) in [5.41, 5.74) is 2.39. The number of amides is 1. The summed E-state index contributed by atoms with van der Waals surface area (Å²) in [5, 5.41) is 0. The maximum atomic E-state index is 12.0. The Hall–Kier alpha value is -0.800. The molecule has 0 spiro atoms. The molecule has 0 aromatic carbocycles. The maximum Gasteiger partial charge on any atom is 0.243 e. The number of carbonyl (C=O) groups excluding carboxylic acids is 1. The number of ether oxygens (including phenoxy) is 1. The van der Waals surface area contributed by atoms with Crippen LogP contribution in [0.1, 0.15) is 40.0 Å². The average molecular weight is 286 g/mol. The van der Waals surface area contributed by atoms with Gasteiger partial charge < -0.3 is 4.74 Å². The smallest absolute Gasteiger partial charge is 0.243 e. The Labute approximate surface area is 121 Å². The summed E-state index contributed by atoms with van der Waals surface area (Å²) in [7, 11) is 0. The third-order valence-corrected chi connectivity index (χ3v) is 3.70. The molecule has 0 heterocycles. The number of hydrogen-bond acceptors (Lipinski definition) is 2. The van der Waals surface area contributed by atoms with Gasteiger partial charge in [0, 0.05) is 5.70 Å². The van der Waals surface area contributed by atoms with E-state index in [9.17, 15) is 4.79 Å². The average Bonchev–Trinajstić information content (AvgIpc) is 2.40. The van der Waals surface area contributed by atoms with E-state index in [4.69, 9.17) is 16.3 Å². The van der Waals surface area contributed by atoms with E-state index in [0.29, 0.717) is 12.5 Å². The Balaban J connectivity index is 2.80. The summed E-state index contributed by atoms with van der Waals surface area (Å²) < 4.78 is 5.53. The Kier molecular flexibility index (Phi) is 7.17. The lowest BCUT2D eigenvalue weighted by atomic mass is 9.88. The van der Waals surface area contributed by atoms with Crippen molar-refractivity contribution in [3.05, 3.63) is 23.4 Å². The van der Waals surface area contributed by atoms with E-state index in [2.05, 4.69) is 13.8 Å². The minimum atomic E-state index is -0.0785. The van der Waals surface area contributed by atoms with Crippen LogP contribution < -0.4 is 0 Å². The molecule has 0 aromatic rings.